The molecule has 0 aliphatic rings. The molecule has 0 unspecified atom stereocenters. The van der Waals surface area contributed by atoms with E-state index < -0.39 is 6.09 Å². The zero-order chi connectivity index (χ0) is 15.5. The van der Waals surface area contributed by atoms with E-state index in [0.717, 1.165) is 0 Å². The summed E-state index contributed by atoms with van der Waals surface area (Å²) in [4.78, 5) is 11.1. The number of nitrogens with one attached hydrogen (secondary N) is 1. The molecular weight excluding hydrogens is 274 g/mol. The van der Waals surface area contributed by atoms with Crippen molar-refractivity contribution in [2.24, 2.45) is 0 Å². The van der Waals surface area contributed by atoms with Gasteiger partial charge in [0.25, 0.3) is 0 Å². The molecule has 6 nitrogen and oxygen atoms in total. The molecule has 0 aliphatic heterocycles. The number of amides is 1. The van der Waals surface area contributed by atoms with Crippen LogP contribution in [0.1, 0.15) is 17.5 Å². The highest BCUT2D eigenvalue weighted by Crippen LogP contribution is 2.17. The van der Waals surface area contributed by atoms with Crippen molar-refractivity contribution in [2.75, 3.05) is 19.8 Å². The third-order valence-corrected chi connectivity index (χ3v) is 2.58. The summed E-state index contributed by atoms with van der Waals surface area (Å²) in [6, 6.07) is 5.14. The first-order valence-electron chi connectivity index (χ1n) is 6.68. The smallest absolute Gasteiger partial charge is 0.407 e. The second-order valence-corrected chi connectivity index (χ2v) is 4.32. The quantitative estimate of drug-likeness (QED) is 0.473. The van der Waals surface area contributed by atoms with Crippen molar-refractivity contribution in [3.05, 3.63) is 42.0 Å². The fraction of sp³-hybridized carbons (Fsp3) is 0.400. The summed E-state index contributed by atoms with van der Waals surface area (Å²) in [5, 5.41) is 20.8. The SMILES string of the molecule is C=CCOC(=O)NCCCOc1cc(CO)cc(CO)c1. The number of carbonyl (C=O) groups excluding carboxylic acids is 1. The van der Waals surface area contributed by atoms with Crippen molar-refractivity contribution >= 4 is 6.09 Å². The fourth-order valence-electron chi connectivity index (χ4n) is 1.63. The molecule has 0 fully saturated rings. The third-order valence-electron chi connectivity index (χ3n) is 2.58. The lowest BCUT2D eigenvalue weighted by Crippen LogP contribution is -2.26. The maximum atomic E-state index is 11.1. The molecule has 0 spiro atoms. The summed E-state index contributed by atoms with van der Waals surface area (Å²) in [7, 11) is 0. The van der Waals surface area contributed by atoms with Gasteiger partial charge >= 0.3 is 6.09 Å². The molecule has 3 N–H and O–H groups in total. The van der Waals surface area contributed by atoms with Crippen LogP contribution < -0.4 is 10.1 Å². The van der Waals surface area contributed by atoms with Crippen LogP contribution in [0.25, 0.3) is 0 Å². The Morgan fingerprint density at radius 1 is 1.24 bits per heavy atom. The van der Waals surface area contributed by atoms with Gasteiger partial charge in [-0.2, -0.15) is 0 Å². The Morgan fingerprint density at radius 2 is 1.90 bits per heavy atom. The van der Waals surface area contributed by atoms with Crippen LogP contribution in [0, 0.1) is 0 Å². The summed E-state index contributed by atoms with van der Waals surface area (Å²) in [5.74, 6) is 0.583. The van der Waals surface area contributed by atoms with Crippen molar-refractivity contribution in [2.45, 2.75) is 19.6 Å². The maximum Gasteiger partial charge on any atom is 0.407 e. The molecule has 1 aromatic carbocycles. The molecule has 0 atom stereocenters. The van der Waals surface area contributed by atoms with Crippen LogP contribution in [0.15, 0.2) is 30.9 Å². The normalized spacial score (nSPS) is 10.0. The van der Waals surface area contributed by atoms with Crippen LogP contribution in [-0.4, -0.2) is 36.1 Å². The summed E-state index contributed by atoms with van der Waals surface area (Å²) in [6.07, 6.45) is 1.62. The topological polar surface area (TPSA) is 88.0 Å². The molecule has 0 saturated heterocycles. The molecule has 1 aromatic rings. The maximum absolute atomic E-state index is 11.1. The summed E-state index contributed by atoms with van der Waals surface area (Å²) < 4.78 is 10.3. The summed E-state index contributed by atoms with van der Waals surface area (Å²) in [5.41, 5.74) is 1.37. The summed E-state index contributed by atoms with van der Waals surface area (Å²) >= 11 is 0. The molecule has 1 rings (SSSR count). The lowest BCUT2D eigenvalue weighted by atomic mass is 10.1. The average Bonchev–Trinajstić information content (AvgIpc) is 2.52. The molecule has 0 aromatic heterocycles. The number of aliphatic hydroxyl groups excluding tert-OH is 2. The van der Waals surface area contributed by atoms with Gasteiger partial charge in [-0.25, -0.2) is 4.79 Å². The molecule has 0 aliphatic carbocycles. The third kappa shape index (κ3) is 6.78. The lowest BCUT2D eigenvalue weighted by molar-refractivity contribution is 0.157. The van der Waals surface area contributed by atoms with Crippen LogP contribution in [0.3, 0.4) is 0 Å². The molecule has 21 heavy (non-hydrogen) atoms. The molecule has 0 heterocycles. The Labute approximate surface area is 124 Å². The predicted molar refractivity (Wildman–Crippen MR) is 77.9 cm³/mol. The van der Waals surface area contributed by atoms with Crippen molar-refractivity contribution in [1.29, 1.82) is 0 Å². The second-order valence-electron chi connectivity index (χ2n) is 4.32. The van der Waals surface area contributed by atoms with E-state index in [4.69, 9.17) is 19.7 Å². The van der Waals surface area contributed by atoms with Crippen molar-refractivity contribution in [3.63, 3.8) is 0 Å². The average molecular weight is 295 g/mol. The molecule has 116 valence electrons. The van der Waals surface area contributed by atoms with Gasteiger partial charge in [0, 0.05) is 6.54 Å². The van der Waals surface area contributed by atoms with Gasteiger partial charge in [-0.1, -0.05) is 18.7 Å². The van der Waals surface area contributed by atoms with E-state index in [-0.39, 0.29) is 19.8 Å². The van der Waals surface area contributed by atoms with E-state index in [9.17, 15) is 4.79 Å². The number of rotatable bonds is 9. The van der Waals surface area contributed by atoms with Crippen molar-refractivity contribution < 1.29 is 24.5 Å². The first-order valence-corrected chi connectivity index (χ1v) is 6.68. The number of carbonyl (C=O) groups is 1. The lowest BCUT2D eigenvalue weighted by Gasteiger charge is -2.10. The summed E-state index contributed by atoms with van der Waals surface area (Å²) in [6.45, 7) is 4.24. The van der Waals surface area contributed by atoms with Gasteiger partial charge in [0.05, 0.1) is 19.8 Å². The number of alkyl carbamates (subject to hydrolysis) is 1. The number of aliphatic hydroxyl groups is 2. The Balaban J connectivity index is 2.29. The van der Waals surface area contributed by atoms with Gasteiger partial charge in [-0.05, 0) is 29.7 Å². The second kappa shape index (κ2) is 9.79. The minimum Gasteiger partial charge on any atom is -0.494 e. The van der Waals surface area contributed by atoms with Gasteiger partial charge in [0.1, 0.15) is 12.4 Å². The standard InChI is InChI=1S/C15H21NO5/c1-2-5-21-15(19)16-4-3-6-20-14-8-12(10-17)7-13(9-14)11-18/h2,7-9,17-18H,1,3-6,10-11H2,(H,16,19). The number of hydrogen-bond acceptors (Lipinski definition) is 5. The minimum atomic E-state index is -0.486. The van der Waals surface area contributed by atoms with Gasteiger partial charge < -0.3 is 25.0 Å². The highest BCUT2D eigenvalue weighted by atomic mass is 16.5. The number of ether oxygens (including phenoxy) is 2. The van der Waals surface area contributed by atoms with E-state index in [0.29, 0.717) is 36.4 Å². The van der Waals surface area contributed by atoms with Crippen LogP contribution in [-0.2, 0) is 18.0 Å². The molecule has 0 radical (unpaired) electrons. The highest BCUT2D eigenvalue weighted by Gasteiger charge is 2.02. The Hall–Kier alpha value is -2.05. The highest BCUT2D eigenvalue weighted by molar-refractivity contribution is 5.67. The first kappa shape index (κ1) is 17.0. The fourth-order valence-corrected chi connectivity index (χ4v) is 1.63. The monoisotopic (exact) mass is 295 g/mol. The van der Waals surface area contributed by atoms with Crippen LogP contribution in [0.2, 0.25) is 0 Å². The molecule has 0 bridgehead atoms. The van der Waals surface area contributed by atoms with Gasteiger partial charge in [-0.3, -0.25) is 0 Å². The Morgan fingerprint density at radius 3 is 2.48 bits per heavy atom. The molecule has 6 heteroatoms. The Kier molecular flexibility index (Phi) is 7.93. The number of benzene rings is 1. The van der Waals surface area contributed by atoms with Gasteiger partial charge in [0.2, 0.25) is 0 Å². The van der Waals surface area contributed by atoms with Crippen LogP contribution >= 0.6 is 0 Å². The minimum absolute atomic E-state index is 0.110. The van der Waals surface area contributed by atoms with E-state index >= 15 is 0 Å². The van der Waals surface area contributed by atoms with E-state index in [1.165, 1.54) is 6.08 Å². The first-order chi connectivity index (χ1) is 10.2. The van der Waals surface area contributed by atoms with Gasteiger partial charge in [-0.15, -0.1) is 0 Å². The molecular formula is C15H21NO5. The van der Waals surface area contributed by atoms with Crippen molar-refractivity contribution in [3.8, 4) is 5.75 Å². The van der Waals surface area contributed by atoms with Gasteiger partial charge in [0.15, 0.2) is 0 Å². The van der Waals surface area contributed by atoms with E-state index in [2.05, 4.69) is 11.9 Å². The van der Waals surface area contributed by atoms with Crippen LogP contribution in [0.4, 0.5) is 4.79 Å². The molecule has 0 saturated carbocycles. The zero-order valence-corrected chi connectivity index (χ0v) is 11.9. The zero-order valence-electron chi connectivity index (χ0n) is 11.9. The Bertz CT molecular complexity index is 439. The largest absolute Gasteiger partial charge is 0.494 e. The van der Waals surface area contributed by atoms with E-state index in [1.807, 2.05) is 0 Å². The van der Waals surface area contributed by atoms with Crippen LogP contribution in [0.5, 0.6) is 5.75 Å². The molecule has 1 amide bonds. The van der Waals surface area contributed by atoms with Crippen molar-refractivity contribution in [1.82, 2.24) is 5.32 Å². The predicted octanol–water partition coefficient (Wildman–Crippen LogP) is 1.35. The van der Waals surface area contributed by atoms with E-state index in [1.54, 1.807) is 18.2 Å². The number of hydrogen-bond donors (Lipinski definition) is 3.